The van der Waals surface area contributed by atoms with E-state index in [4.69, 9.17) is 11.6 Å². The van der Waals surface area contributed by atoms with Gasteiger partial charge in [-0.15, -0.1) is 0 Å². The summed E-state index contributed by atoms with van der Waals surface area (Å²) in [6.45, 7) is 0. The number of aryl methyl sites for hydroxylation is 1. The molecule has 2 rings (SSSR count). The van der Waals surface area contributed by atoms with E-state index in [1.807, 2.05) is 54.2 Å². The fourth-order valence-electron chi connectivity index (χ4n) is 1.28. The van der Waals surface area contributed by atoms with Gasteiger partial charge in [0.25, 0.3) is 0 Å². The lowest BCUT2D eigenvalue weighted by atomic mass is 10.2. The Bertz CT molecular complexity index is 469. The van der Waals surface area contributed by atoms with Crippen LogP contribution < -0.4 is 0 Å². The van der Waals surface area contributed by atoms with E-state index in [9.17, 15) is 0 Å². The Kier molecular flexibility index (Phi) is 2.88. The molecule has 0 unspecified atom stereocenters. The van der Waals surface area contributed by atoms with Crippen molar-refractivity contribution >= 4 is 23.8 Å². The van der Waals surface area contributed by atoms with Gasteiger partial charge in [0.1, 0.15) is 5.82 Å². The molecule has 1 aromatic carbocycles. The van der Waals surface area contributed by atoms with Crippen molar-refractivity contribution in [2.45, 2.75) is 0 Å². The van der Waals surface area contributed by atoms with Gasteiger partial charge in [-0.3, -0.25) is 0 Å². The van der Waals surface area contributed by atoms with Gasteiger partial charge in [0, 0.05) is 24.5 Å². The molecule has 3 heteroatoms. The number of rotatable bonds is 2. The first-order chi connectivity index (χ1) is 7.25. The van der Waals surface area contributed by atoms with E-state index in [1.165, 1.54) is 0 Å². The second-order valence-corrected chi connectivity index (χ2v) is 3.72. The van der Waals surface area contributed by atoms with Gasteiger partial charge in [-0.1, -0.05) is 29.8 Å². The highest BCUT2D eigenvalue weighted by Gasteiger charge is 1.92. The molecule has 0 N–H and O–H groups in total. The number of hydrogen-bond donors (Lipinski definition) is 0. The number of benzene rings is 1. The highest BCUT2D eigenvalue weighted by atomic mass is 35.5. The van der Waals surface area contributed by atoms with Crippen LogP contribution in [0.5, 0.6) is 0 Å². The minimum Gasteiger partial charge on any atom is -0.335 e. The van der Waals surface area contributed by atoms with Gasteiger partial charge in [-0.05, 0) is 23.8 Å². The van der Waals surface area contributed by atoms with Crippen LogP contribution in [0.3, 0.4) is 0 Å². The van der Waals surface area contributed by atoms with E-state index in [2.05, 4.69) is 4.98 Å². The molecule has 15 heavy (non-hydrogen) atoms. The molecule has 0 amide bonds. The Hall–Kier alpha value is -1.54. The van der Waals surface area contributed by atoms with Crippen LogP contribution in [0.15, 0.2) is 36.7 Å². The standard InChI is InChI=1S/C12H11ClN2/c1-15-9-8-14-12(15)7-4-10-2-5-11(13)6-3-10/h2-9H,1H3/b7-4-. The summed E-state index contributed by atoms with van der Waals surface area (Å²) in [6, 6.07) is 7.70. The molecule has 0 atom stereocenters. The quantitative estimate of drug-likeness (QED) is 0.757. The summed E-state index contributed by atoms with van der Waals surface area (Å²) in [4.78, 5) is 4.20. The Morgan fingerprint density at radius 2 is 1.93 bits per heavy atom. The molecule has 0 bridgehead atoms. The fourth-order valence-corrected chi connectivity index (χ4v) is 1.41. The van der Waals surface area contributed by atoms with Crippen molar-refractivity contribution in [2.24, 2.45) is 7.05 Å². The summed E-state index contributed by atoms with van der Waals surface area (Å²) < 4.78 is 1.96. The van der Waals surface area contributed by atoms with E-state index in [-0.39, 0.29) is 0 Å². The average Bonchev–Trinajstić information content (AvgIpc) is 2.63. The second-order valence-electron chi connectivity index (χ2n) is 3.28. The molecule has 2 nitrogen and oxygen atoms in total. The molecule has 0 spiro atoms. The molecule has 0 radical (unpaired) electrons. The third-order valence-corrected chi connectivity index (χ3v) is 2.41. The number of imidazole rings is 1. The Balaban J connectivity index is 2.19. The summed E-state index contributed by atoms with van der Waals surface area (Å²) >= 11 is 5.80. The molecule has 1 aromatic heterocycles. The molecule has 76 valence electrons. The highest BCUT2D eigenvalue weighted by Crippen LogP contribution is 2.11. The van der Waals surface area contributed by atoms with Crippen molar-refractivity contribution in [3.05, 3.63) is 53.1 Å². The van der Waals surface area contributed by atoms with Crippen LogP contribution in [-0.2, 0) is 7.05 Å². The van der Waals surface area contributed by atoms with Crippen molar-refractivity contribution in [3.8, 4) is 0 Å². The topological polar surface area (TPSA) is 17.8 Å². The lowest BCUT2D eigenvalue weighted by molar-refractivity contribution is 0.898. The van der Waals surface area contributed by atoms with Crippen LogP contribution in [0.4, 0.5) is 0 Å². The van der Waals surface area contributed by atoms with Crippen molar-refractivity contribution < 1.29 is 0 Å². The van der Waals surface area contributed by atoms with Crippen LogP contribution in [0.25, 0.3) is 12.2 Å². The van der Waals surface area contributed by atoms with E-state index in [1.54, 1.807) is 6.20 Å². The maximum absolute atomic E-state index is 5.80. The molecular formula is C12H11ClN2. The van der Waals surface area contributed by atoms with Gasteiger partial charge in [-0.2, -0.15) is 0 Å². The minimum atomic E-state index is 0.754. The van der Waals surface area contributed by atoms with Crippen molar-refractivity contribution in [1.29, 1.82) is 0 Å². The third-order valence-electron chi connectivity index (χ3n) is 2.15. The summed E-state index contributed by atoms with van der Waals surface area (Å²) in [5.74, 6) is 0.935. The summed E-state index contributed by atoms with van der Waals surface area (Å²) in [6.07, 6.45) is 7.69. The molecule has 0 saturated carbocycles. The fraction of sp³-hybridized carbons (Fsp3) is 0.0833. The molecule has 0 aliphatic carbocycles. The summed E-state index contributed by atoms with van der Waals surface area (Å²) in [7, 11) is 1.97. The monoisotopic (exact) mass is 218 g/mol. The smallest absolute Gasteiger partial charge is 0.132 e. The van der Waals surface area contributed by atoms with E-state index in [0.717, 1.165) is 16.4 Å². The molecule has 0 aliphatic heterocycles. The first-order valence-electron chi connectivity index (χ1n) is 4.67. The lowest BCUT2D eigenvalue weighted by Crippen LogP contribution is -1.88. The summed E-state index contributed by atoms with van der Waals surface area (Å²) in [5.41, 5.74) is 1.11. The van der Waals surface area contributed by atoms with Gasteiger partial charge in [-0.25, -0.2) is 4.98 Å². The van der Waals surface area contributed by atoms with Crippen molar-refractivity contribution in [3.63, 3.8) is 0 Å². The Morgan fingerprint density at radius 3 is 2.53 bits per heavy atom. The number of nitrogens with zero attached hydrogens (tertiary/aromatic N) is 2. The van der Waals surface area contributed by atoms with Gasteiger partial charge >= 0.3 is 0 Å². The lowest BCUT2D eigenvalue weighted by Gasteiger charge is -1.95. The van der Waals surface area contributed by atoms with Gasteiger partial charge in [0.2, 0.25) is 0 Å². The number of halogens is 1. The Labute approximate surface area is 93.8 Å². The predicted octanol–water partition coefficient (Wildman–Crippen LogP) is 3.24. The van der Waals surface area contributed by atoms with Gasteiger partial charge in [0.15, 0.2) is 0 Å². The molecule has 2 aromatic rings. The van der Waals surface area contributed by atoms with E-state index in [0.29, 0.717) is 0 Å². The van der Waals surface area contributed by atoms with Crippen molar-refractivity contribution in [1.82, 2.24) is 9.55 Å². The Morgan fingerprint density at radius 1 is 1.20 bits per heavy atom. The SMILES string of the molecule is Cn1ccnc1/C=C\c1ccc(Cl)cc1. The zero-order valence-corrected chi connectivity index (χ0v) is 9.15. The van der Waals surface area contributed by atoms with Crippen LogP contribution >= 0.6 is 11.6 Å². The average molecular weight is 219 g/mol. The zero-order chi connectivity index (χ0) is 10.7. The van der Waals surface area contributed by atoms with Crippen LogP contribution in [-0.4, -0.2) is 9.55 Å². The van der Waals surface area contributed by atoms with Crippen LogP contribution in [0.1, 0.15) is 11.4 Å². The molecule has 0 saturated heterocycles. The van der Waals surface area contributed by atoms with E-state index >= 15 is 0 Å². The van der Waals surface area contributed by atoms with Crippen LogP contribution in [0, 0.1) is 0 Å². The van der Waals surface area contributed by atoms with Gasteiger partial charge in [0.05, 0.1) is 0 Å². The predicted molar refractivity (Wildman–Crippen MR) is 63.6 cm³/mol. The third kappa shape index (κ3) is 2.48. The first-order valence-corrected chi connectivity index (χ1v) is 5.04. The zero-order valence-electron chi connectivity index (χ0n) is 8.39. The molecule has 0 aliphatic rings. The second kappa shape index (κ2) is 4.32. The maximum Gasteiger partial charge on any atom is 0.132 e. The normalized spacial score (nSPS) is 11.1. The van der Waals surface area contributed by atoms with E-state index < -0.39 is 0 Å². The van der Waals surface area contributed by atoms with Crippen molar-refractivity contribution in [2.75, 3.05) is 0 Å². The van der Waals surface area contributed by atoms with Crippen LogP contribution in [0.2, 0.25) is 5.02 Å². The molecular weight excluding hydrogens is 208 g/mol. The summed E-state index contributed by atoms with van der Waals surface area (Å²) in [5, 5.41) is 0.754. The molecule has 1 heterocycles. The minimum absolute atomic E-state index is 0.754. The number of aromatic nitrogens is 2. The molecule has 0 fully saturated rings. The van der Waals surface area contributed by atoms with Gasteiger partial charge < -0.3 is 4.57 Å². The highest BCUT2D eigenvalue weighted by molar-refractivity contribution is 6.30. The number of hydrogen-bond acceptors (Lipinski definition) is 1. The first kappa shape index (κ1) is 9.99. The largest absolute Gasteiger partial charge is 0.335 e. The maximum atomic E-state index is 5.80.